The summed E-state index contributed by atoms with van der Waals surface area (Å²) in [7, 11) is 0. The van der Waals surface area contributed by atoms with Gasteiger partial charge < -0.3 is 15.6 Å². The molecule has 0 aliphatic rings. The zero-order chi connectivity index (χ0) is 17.5. The van der Waals surface area contributed by atoms with E-state index in [1.54, 1.807) is 12.4 Å². The van der Waals surface area contributed by atoms with Crippen molar-refractivity contribution in [2.24, 2.45) is 0 Å². The first-order valence-electron chi connectivity index (χ1n) is 8.64. The first kappa shape index (κ1) is 17.0. The van der Waals surface area contributed by atoms with Crippen molar-refractivity contribution in [1.29, 1.82) is 0 Å². The summed E-state index contributed by atoms with van der Waals surface area (Å²) in [5, 5.41) is 5.92. The molecule has 6 heteroatoms. The lowest BCUT2D eigenvalue weighted by Gasteiger charge is -2.17. The van der Waals surface area contributed by atoms with Gasteiger partial charge in [0.1, 0.15) is 5.82 Å². The molecule has 3 N–H and O–H groups in total. The molecule has 2 amide bonds. The number of fused-ring (bicyclic) bond motifs is 1. The predicted octanol–water partition coefficient (Wildman–Crippen LogP) is 3.34. The van der Waals surface area contributed by atoms with E-state index in [9.17, 15) is 4.79 Å². The van der Waals surface area contributed by atoms with Gasteiger partial charge in [-0.25, -0.2) is 9.78 Å². The Morgan fingerprint density at radius 1 is 1.20 bits per heavy atom. The fourth-order valence-electron chi connectivity index (χ4n) is 2.81. The van der Waals surface area contributed by atoms with Crippen molar-refractivity contribution in [2.75, 3.05) is 6.54 Å². The molecule has 0 fully saturated rings. The Labute approximate surface area is 147 Å². The monoisotopic (exact) mass is 337 g/mol. The van der Waals surface area contributed by atoms with Crippen LogP contribution in [-0.2, 0) is 6.42 Å². The topological polar surface area (TPSA) is 82.7 Å². The molecule has 1 aromatic carbocycles. The number of aromatic amines is 1. The molecule has 0 aliphatic carbocycles. The predicted molar refractivity (Wildman–Crippen MR) is 98.2 cm³/mol. The van der Waals surface area contributed by atoms with Crippen molar-refractivity contribution in [3.8, 4) is 0 Å². The molecule has 2 heterocycles. The van der Waals surface area contributed by atoms with Crippen molar-refractivity contribution in [3.05, 3.63) is 60.2 Å². The molecule has 0 saturated carbocycles. The quantitative estimate of drug-likeness (QED) is 0.578. The van der Waals surface area contributed by atoms with Crippen LogP contribution in [0.5, 0.6) is 0 Å². The highest BCUT2D eigenvalue weighted by Gasteiger charge is 2.12. The molecule has 2 aromatic heterocycles. The molecule has 6 nitrogen and oxygen atoms in total. The van der Waals surface area contributed by atoms with E-state index in [4.69, 9.17) is 0 Å². The third-order valence-electron chi connectivity index (χ3n) is 4.14. The summed E-state index contributed by atoms with van der Waals surface area (Å²) in [6, 6.07) is 11.7. The number of H-pyrrole nitrogens is 1. The number of para-hydroxylation sites is 2. The molecule has 130 valence electrons. The fourth-order valence-corrected chi connectivity index (χ4v) is 2.81. The number of aromatic nitrogens is 3. The van der Waals surface area contributed by atoms with Crippen LogP contribution in [0.2, 0.25) is 0 Å². The van der Waals surface area contributed by atoms with E-state index in [1.807, 2.05) is 43.3 Å². The Bertz CT molecular complexity index is 782. The van der Waals surface area contributed by atoms with Crippen molar-refractivity contribution in [3.63, 3.8) is 0 Å². The van der Waals surface area contributed by atoms with E-state index in [0.29, 0.717) is 6.54 Å². The molecule has 1 unspecified atom stereocenters. The number of urea groups is 1. The van der Waals surface area contributed by atoms with E-state index < -0.39 is 0 Å². The van der Waals surface area contributed by atoms with Gasteiger partial charge in [0.2, 0.25) is 0 Å². The summed E-state index contributed by atoms with van der Waals surface area (Å²) in [6.07, 6.45) is 5.95. The summed E-state index contributed by atoms with van der Waals surface area (Å²) >= 11 is 0. The maximum absolute atomic E-state index is 12.1. The summed E-state index contributed by atoms with van der Waals surface area (Å²) in [4.78, 5) is 23.9. The maximum Gasteiger partial charge on any atom is 0.315 e. The van der Waals surface area contributed by atoms with Gasteiger partial charge in [-0.05, 0) is 42.7 Å². The Kier molecular flexibility index (Phi) is 5.61. The number of carbonyl (C=O) groups is 1. The van der Waals surface area contributed by atoms with Gasteiger partial charge >= 0.3 is 6.03 Å². The Balaban J connectivity index is 1.43. The van der Waals surface area contributed by atoms with E-state index in [1.165, 1.54) is 0 Å². The van der Waals surface area contributed by atoms with Crippen LogP contribution in [0.25, 0.3) is 11.0 Å². The van der Waals surface area contributed by atoms with Gasteiger partial charge in [-0.3, -0.25) is 4.98 Å². The number of pyridine rings is 1. The minimum Gasteiger partial charge on any atom is -0.342 e. The zero-order valence-electron chi connectivity index (χ0n) is 14.3. The van der Waals surface area contributed by atoms with Gasteiger partial charge in [-0.1, -0.05) is 19.1 Å². The number of carbonyl (C=O) groups excluding carboxylic acids is 1. The highest BCUT2D eigenvalue weighted by Crippen LogP contribution is 2.15. The van der Waals surface area contributed by atoms with Gasteiger partial charge in [0.25, 0.3) is 0 Å². The van der Waals surface area contributed by atoms with Crippen LogP contribution in [0.15, 0.2) is 48.8 Å². The van der Waals surface area contributed by atoms with Crippen LogP contribution in [0.3, 0.4) is 0 Å². The van der Waals surface area contributed by atoms with Crippen molar-refractivity contribution in [1.82, 2.24) is 25.6 Å². The van der Waals surface area contributed by atoms with Gasteiger partial charge in [0, 0.05) is 25.4 Å². The van der Waals surface area contributed by atoms with Crippen molar-refractivity contribution >= 4 is 17.1 Å². The number of benzene rings is 1. The number of rotatable bonds is 7. The highest BCUT2D eigenvalue weighted by atomic mass is 16.2. The number of hydrogen-bond acceptors (Lipinski definition) is 3. The molecule has 25 heavy (non-hydrogen) atoms. The first-order chi connectivity index (χ1) is 12.3. The minimum atomic E-state index is -0.145. The van der Waals surface area contributed by atoms with E-state index >= 15 is 0 Å². The Hall–Kier alpha value is -2.89. The van der Waals surface area contributed by atoms with Crippen LogP contribution < -0.4 is 10.6 Å². The average molecular weight is 337 g/mol. The van der Waals surface area contributed by atoms with Crippen molar-refractivity contribution < 1.29 is 4.79 Å². The van der Waals surface area contributed by atoms with Gasteiger partial charge in [0.05, 0.1) is 17.1 Å². The van der Waals surface area contributed by atoms with Crippen LogP contribution in [0, 0.1) is 0 Å². The lowest BCUT2D eigenvalue weighted by molar-refractivity contribution is 0.236. The number of nitrogens with zero attached hydrogens (tertiary/aromatic N) is 2. The van der Waals surface area contributed by atoms with E-state index in [0.717, 1.165) is 41.7 Å². The maximum atomic E-state index is 12.1. The SMILES string of the molecule is CCC(NC(=O)NCCCc1nc2ccccc2[nH]1)c1ccncc1. The summed E-state index contributed by atoms with van der Waals surface area (Å²) in [5.41, 5.74) is 3.09. The molecule has 3 rings (SSSR count). The van der Waals surface area contributed by atoms with Crippen molar-refractivity contribution in [2.45, 2.75) is 32.2 Å². The number of hydrogen-bond donors (Lipinski definition) is 3. The number of nitrogens with one attached hydrogen (secondary N) is 3. The highest BCUT2D eigenvalue weighted by molar-refractivity contribution is 5.75. The second-order valence-corrected chi connectivity index (χ2v) is 5.95. The summed E-state index contributed by atoms with van der Waals surface area (Å²) in [6.45, 7) is 2.66. The standard InChI is InChI=1S/C19H23N5O/c1-2-15(14-9-12-20-13-10-14)24-19(25)21-11-5-8-18-22-16-6-3-4-7-17(16)23-18/h3-4,6-7,9-10,12-13,15H,2,5,8,11H2,1H3,(H,22,23)(H2,21,24,25). The molecular weight excluding hydrogens is 314 g/mol. The van der Waals surface area contributed by atoms with Gasteiger partial charge in [-0.15, -0.1) is 0 Å². The van der Waals surface area contributed by atoms with Crippen LogP contribution in [0.1, 0.15) is 37.2 Å². The smallest absolute Gasteiger partial charge is 0.315 e. The lowest BCUT2D eigenvalue weighted by Crippen LogP contribution is -2.38. The third kappa shape index (κ3) is 4.56. The normalized spacial score (nSPS) is 12.0. The Morgan fingerprint density at radius 3 is 2.76 bits per heavy atom. The molecule has 0 aliphatic heterocycles. The van der Waals surface area contributed by atoms with Crippen LogP contribution >= 0.6 is 0 Å². The molecule has 0 bridgehead atoms. The minimum absolute atomic E-state index is 0.00151. The number of aryl methyl sites for hydroxylation is 1. The third-order valence-corrected chi connectivity index (χ3v) is 4.14. The second-order valence-electron chi connectivity index (χ2n) is 5.95. The second kappa shape index (κ2) is 8.28. The molecule has 0 radical (unpaired) electrons. The molecule has 3 aromatic rings. The van der Waals surface area contributed by atoms with Crippen LogP contribution in [0.4, 0.5) is 4.79 Å². The van der Waals surface area contributed by atoms with E-state index in [-0.39, 0.29) is 12.1 Å². The molecular formula is C19H23N5O. The van der Waals surface area contributed by atoms with Crippen LogP contribution in [-0.4, -0.2) is 27.5 Å². The largest absolute Gasteiger partial charge is 0.342 e. The molecule has 0 spiro atoms. The lowest BCUT2D eigenvalue weighted by atomic mass is 10.1. The molecule has 1 atom stereocenters. The van der Waals surface area contributed by atoms with Gasteiger partial charge in [-0.2, -0.15) is 0 Å². The molecule has 0 saturated heterocycles. The first-order valence-corrected chi connectivity index (χ1v) is 8.64. The number of imidazole rings is 1. The number of amides is 2. The van der Waals surface area contributed by atoms with Gasteiger partial charge in [0.15, 0.2) is 0 Å². The average Bonchev–Trinajstić information content (AvgIpc) is 3.07. The zero-order valence-corrected chi connectivity index (χ0v) is 14.3. The summed E-state index contributed by atoms with van der Waals surface area (Å²) in [5.74, 6) is 0.951. The van der Waals surface area contributed by atoms with E-state index in [2.05, 4.69) is 25.6 Å². The Morgan fingerprint density at radius 2 is 2.00 bits per heavy atom. The fraction of sp³-hybridized carbons (Fsp3) is 0.316. The summed E-state index contributed by atoms with van der Waals surface area (Å²) < 4.78 is 0.